The van der Waals surface area contributed by atoms with Crippen molar-refractivity contribution in [2.24, 2.45) is 7.05 Å². The molecule has 8 nitrogen and oxygen atoms in total. The van der Waals surface area contributed by atoms with Crippen molar-refractivity contribution in [3.63, 3.8) is 0 Å². The Balaban J connectivity index is 2.53. The molecule has 20 heavy (non-hydrogen) atoms. The molecule has 0 saturated carbocycles. The Bertz CT molecular complexity index is 692. The monoisotopic (exact) mass is 277 g/mol. The zero-order chi connectivity index (χ0) is 14.9. The highest BCUT2D eigenvalue weighted by molar-refractivity contribution is 5.91. The van der Waals surface area contributed by atoms with Gasteiger partial charge in [0.25, 0.3) is 0 Å². The van der Waals surface area contributed by atoms with Crippen molar-refractivity contribution in [3.05, 3.63) is 45.8 Å². The number of aromatic carboxylic acids is 1. The molecule has 1 N–H and O–H groups in total. The van der Waals surface area contributed by atoms with Crippen molar-refractivity contribution in [2.45, 2.75) is 6.92 Å². The quantitative estimate of drug-likeness (QED) is 0.677. The molecule has 0 fully saturated rings. The molecular formula is C12H11N3O5. The van der Waals surface area contributed by atoms with Gasteiger partial charge < -0.3 is 20.0 Å². The number of imidazole rings is 1. The summed E-state index contributed by atoms with van der Waals surface area (Å²) >= 11 is 0. The Hall–Kier alpha value is -2.90. The Kier molecular flexibility index (Phi) is 3.38. The number of benzene rings is 1. The van der Waals surface area contributed by atoms with Gasteiger partial charge in [0.05, 0.1) is 0 Å². The number of carbonyl (C=O) groups is 1. The topological polar surface area (TPSA) is 107 Å². The summed E-state index contributed by atoms with van der Waals surface area (Å²) < 4.78 is 6.76. The highest BCUT2D eigenvalue weighted by Gasteiger charge is 2.25. The third-order valence-electron chi connectivity index (χ3n) is 2.68. The minimum atomic E-state index is -1.17. The Labute approximate surface area is 113 Å². The summed E-state index contributed by atoms with van der Waals surface area (Å²) in [4.78, 5) is 25.0. The third-order valence-corrected chi connectivity index (χ3v) is 2.68. The highest BCUT2D eigenvalue weighted by Crippen LogP contribution is 2.33. The summed E-state index contributed by atoms with van der Waals surface area (Å²) in [5, 5.41) is 20.0. The van der Waals surface area contributed by atoms with E-state index in [2.05, 4.69) is 4.98 Å². The average molecular weight is 277 g/mol. The predicted octanol–water partition coefficient (Wildman–Crippen LogP) is 2.13. The van der Waals surface area contributed by atoms with Gasteiger partial charge in [-0.3, -0.25) is 4.57 Å². The zero-order valence-electron chi connectivity index (χ0n) is 10.7. The largest absolute Gasteiger partial charge is 0.478 e. The van der Waals surface area contributed by atoms with Crippen LogP contribution in [0.4, 0.5) is 5.82 Å². The molecule has 8 heteroatoms. The van der Waals surface area contributed by atoms with Crippen LogP contribution < -0.4 is 4.74 Å². The number of hydrogen-bond acceptors (Lipinski definition) is 5. The molecule has 0 unspecified atom stereocenters. The standard InChI is InChI=1S/C12H11N3O5/c1-7-4-3-5-8(12(16)17)9(7)20-11-10(15(18)19)13-6-14(11)2/h3-6H,1-2H3,(H,16,17). The van der Waals surface area contributed by atoms with Crippen LogP contribution in [-0.2, 0) is 7.05 Å². The molecule has 0 saturated heterocycles. The molecule has 1 aromatic heterocycles. The first kappa shape index (κ1) is 13.5. The number of rotatable bonds is 4. The van der Waals surface area contributed by atoms with Crippen molar-refractivity contribution < 1.29 is 19.6 Å². The van der Waals surface area contributed by atoms with E-state index in [1.54, 1.807) is 19.1 Å². The number of para-hydroxylation sites is 1. The summed E-state index contributed by atoms with van der Waals surface area (Å²) in [6.45, 7) is 1.66. The summed E-state index contributed by atoms with van der Waals surface area (Å²) in [6.07, 6.45) is 1.23. The molecule has 0 amide bonds. The van der Waals surface area contributed by atoms with Crippen LogP contribution >= 0.6 is 0 Å². The molecule has 0 atom stereocenters. The number of hydrogen-bond donors (Lipinski definition) is 1. The summed E-state index contributed by atoms with van der Waals surface area (Å²) in [6, 6.07) is 4.60. The fourth-order valence-corrected chi connectivity index (χ4v) is 1.70. The van der Waals surface area contributed by atoms with Crippen molar-refractivity contribution in [2.75, 3.05) is 0 Å². The van der Waals surface area contributed by atoms with Gasteiger partial charge >= 0.3 is 17.7 Å². The van der Waals surface area contributed by atoms with Crippen molar-refractivity contribution in [1.82, 2.24) is 9.55 Å². The predicted molar refractivity (Wildman–Crippen MR) is 68.1 cm³/mol. The molecular weight excluding hydrogens is 266 g/mol. The molecule has 0 aliphatic rings. The minimum absolute atomic E-state index is 0.0618. The Morgan fingerprint density at radius 2 is 2.20 bits per heavy atom. The first-order valence-electron chi connectivity index (χ1n) is 5.58. The lowest BCUT2D eigenvalue weighted by Gasteiger charge is -2.10. The van der Waals surface area contributed by atoms with Crippen LogP contribution in [0.15, 0.2) is 24.5 Å². The lowest BCUT2D eigenvalue weighted by molar-refractivity contribution is -0.390. The van der Waals surface area contributed by atoms with Gasteiger partial charge in [0, 0.05) is 7.05 Å². The number of aryl methyl sites for hydroxylation is 2. The van der Waals surface area contributed by atoms with Crippen LogP contribution in [0.1, 0.15) is 15.9 Å². The first-order chi connectivity index (χ1) is 9.41. The molecule has 1 heterocycles. The van der Waals surface area contributed by atoms with Gasteiger partial charge in [-0.15, -0.1) is 0 Å². The van der Waals surface area contributed by atoms with E-state index < -0.39 is 16.7 Å². The van der Waals surface area contributed by atoms with E-state index in [1.165, 1.54) is 24.0 Å². The number of ether oxygens (including phenoxy) is 1. The summed E-state index contributed by atoms with van der Waals surface area (Å²) in [5.74, 6) is -1.70. The molecule has 0 aliphatic heterocycles. The van der Waals surface area contributed by atoms with Gasteiger partial charge in [0.2, 0.25) is 6.33 Å². The second-order valence-electron chi connectivity index (χ2n) is 4.10. The van der Waals surface area contributed by atoms with Crippen molar-refractivity contribution in [3.8, 4) is 11.6 Å². The summed E-state index contributed by atoms with van der Waals surface area (Å²) in [7, 11) is 1.52. The molecule has 104 valence electrons. The van der Waals surface area contributed by atoms with Gasteiger partial charge in [-0.25, -0.2) is 4.79 Å². The van der Waals surface area contributed by atoms with Crippen LogP contribution in [-0.4, -0.2) is 25.6 Å². The lowest BCUT2D eigenvalue weighted by atomic mass is 10.1. The van der Waals surface area contributed by atoms with Crippen LogP contribution in [0.3, 0.4) is 0 Å². The van der Waals surface area contributed by atoms with Gasteiger partial charge in [-0.2, -0.15) is 0 Å². The number of carboxylic acids is 1. The van der Waals surface area contributed by atoms with Crippen LogP contribution in [0.5, 0.6) is 11.6 Å². The molecule has 2 rings (SSSR count). The maximum Gasteiger partial charge on any atom is 0.427 e. The normalized spacial score (nSPS) is 10.3. The fourth-order valence-electron chi connectivity index (χ4n) is 1.70. The van der Waals surface area contributed by atoms with E-state index in [1.807, 2.05) is 0 Å². The number of nitro groups is 1. The lowest BCUT2D eigenvalue weighted by Crippen LogP contribution is -2.04. The number of aromatic nitrogens is 2. The van der Waals surface area contributed by atoms with Gasteiger partial charge in [0.1, 0.15) is 11.3 Å². The molecule has 0 bridgehead atoms. The van der Waals surface area contributed by atoms with Gasteiger partial charge in [-0.05, 0) is 28.5 Å². The third kappa shape index (κ3) is 2.30. The van der Waals surface area contributed by atoms with Crippen LogP contribution in [0, 0.1) is 17.0 Å². The molecule has 1 aromatic carbocycles. The van der Waals surface area contributed by atoms with Gasteiger partial charge in [0.15, 0.2) is 0 Å². The second kappa shape index (κ2) is 5.00. The Morgan fingerprint density at radius 1 is 1.50 bits per heavy atom. The van der Waals surface area contributed by atoms with E-state index in [4.69, 9.17) is 9.84 Å². The van der Waals surface area contributed by atoms with Gasteiger partial charge in [-0.1, -0.05) is 12.1 Å². The minimum Gasteiger partial charge on any atom is -0.478 e. The first-order valence-corrected chi connectivity index (χ1v) is 5.58. The smallest absolute Gasteiger partial charge is 0.427 e. The fraction of sp³-hybridized carbons (Fsp3) is 0.167. The SMILES string of the molecule is Cc1cccc(C(=O)O)c1Oc1c([N+](=O)[O-])ncn1C. The number of nitrogens with zero attached hydrogens (tertiary/aromatic N) is 3. The highest BCUT2D eigenvalue weighted by atomic mass is 16.6. The maximum absolute atomic E-state index is 11.2. The zero-order valence-corrected chi connectivity index (χ0v) is 10.7. The van der Waals surface area contributed by atoms with E-state index in [-0.39, 0.29) is 17.2 Å². The van der Waals surface area contributed by atoms with Crippen molar-refractivity contribution in [1.29, 1.82) is 0 Å². The van der Waals surface area contributed by atoms with Crippen LogP contribution in [0.2, 0.25) is 0 Å². The molecule has 2 aromatic rings. The molecule has 0 aliphatic carbocycles. The van der Waals surface area contributed by atoms with Crippen molar-refractivity contribution >= 4 is 11.8 Å². The molecule has 0 spiro atoms. The van der Waals surface area contributed by atoms with Crippen LogP contribution in [0.25, 0.3) is 0 Å². The van der Waals surface area contributed by atoms with E-state index >= 15 is 0 Å². The molecule has 0 radical (unpaired) electrons. The second-order valence-corrected chi connectivity index (χ2v) is 4.10. The maximum atomic E-state index is 11.2. The summed E-state index contributed by atoms with van der Waals surface area (Å²) in [5.41, 5.74) is 0.487. The van der Waals surface area contributed by atoms with E-state index in [0.717, 1.165) is 0 Å². The van der Waals surface area contributed by atoms with E-state index in [9.17, 15) is 14.9 Å². The Morgan fingerprint density at radius 3 is 2.80 bits per heavy atom. The number of carboxylic acid groups (broad SMARTS) is 1. The average Bonchev–Trinajstić information content (AvgIpc) is 2.73. The van der Waals surface area contributed by atoms with E-state index in [0.29, 0.717) is 5.56 Å².